The molecule has 0 aliphatic heterocycles. The number of hydrogen-bond acceptors (Lipinski definition) is 4. The Morgan fingerprint density at radius 3 is 2.30 bits per heavy atom. The van der Waals surface area contributed by atoms with Crippen LogP contribution < -0.4 is 0 Å². The van der Waals surface area contributed by atoms with Crippen LogP contribution in [0, 0.1) is 0 Å². The lowest BCUT2D eigenvalue weighted by atomic mass is 10.1. The van der Waals surface area contributed by atoms with Crippen molar-refractivity contribution in [1.82, 2.24) is 0 Å². The van der Waals surface area contributed by atoms with Gasteiger partial charge in [0.2, 0.25) is 0 Å². The molecule has 0 amide bonds. The minimum Gasteiger partial charge on any atom is -0.456 e. The monoisotopic (exact) mass is 148 g/mol. The number of rotatable bonds is 3. The summed E-state index contributed by atoms with van der Waals surface area (Å²) in [6.45, 7) is 2.21. The van der Waals surface area contributed by atoms with Crippen LogP contribution in [0.15, 0.2) is 0 Å². The van der Waals surface area contributed by atoms with E-state index in [-0.39, 0.29) is 6.61 Å². The van der Waals surface area contributed by atoms with E-state index >= 15 is 0 Å². The molecule has 60 valence electrons. The van der Waals surface area contributed by atoms with Gasteiger partial charge in [0, 0.05) is 0 Å². The zero-order chi connectivity index (χ0) is 8.20. The van der Waals surface area contributed by atoms with Gasteiger partial charge in [0.15, 0.2) is 0 Å². The third-order valence-corrected chi connectivity index (χ3v) is 0.900. The van der Waals surface area contributed by atoms with Gasteiger partial charge in [0.05, 0.1) is 6.61 Å². The predicted octanol–water partition coefficient (Wildman–Crippen LogP) is -0.707. The van der Waals surface area contributed by atoms with Crippen LogP contribution in [0.5, 0.6) is 0 Å². The Morgan fingerprint density at radius 1 is 1.50 bits per heavy atom. The van der Waals surface area contributed by atoms with Crippen molar-refractivity contribution in [2.75, 3.05) is 13.2 Å². The number of aliphatic hydroxyl groups excluding tert-OH is 2. The van der Waals surface area contributed by atoms with Crippen molar-refractivity contribution in [3.05, 3.63) is 0 Å². The maximum absolute atomic E-state index is 10.4. The Morgan fingerprint density at radius 2 is 2.00 bits per heavy atom. The van der Waals surface area contributed by atoms with Gasteiger partial charge in [-0.15, -0.1) is 0 Å². The SMILES string of the molecule is CC(C)(CO)OC(=O)CO. The summed E-state index contributed by atoms with van der Waals surface area (Å²) >= 11 is 0. The average Bonchev–Trinajstić information content (AvgIpc) is 1.87. The minimum atomic E-state index is -0.889. The second kappa shape index (κ2) is 3.53. The minimum absolute atomic E-state index is 0.251. The van der Waals surface area contributed by atoms with Gasteiger partial charge in [-0.05, 0) is 13.8 Å². The van der Waals surface area contributed by atoms with E-state index in [0.717, 1.165) is 0 Å². The molecule has 0 heterocycles. The third kappa shape index (κ3) is 3.42. The molecule has 0 atom stereocenters. The predicted molar refractivity (Wildman–Crippen MR) is 34.3 cm³/mol. The molecule has 0 unspecified atom stereocenters. The van der Waals surface area contributed by atoms with Crippen molar-refractivity contribution in [2.24, 2.45) is 0 Å². The lowest BCUT2D eigenvalue weighted by molar-refractivity contribution is -0.163. The Balaban J connectivity index is 3.76. The van der Waals surface area contributed by atoms with E-state index in [1.165, 1.54) is 0 Å². The van der Waals surface area contributed by atoms with Gasteiger partial charge in [-0.3, -0.25) is 0 Å². The topological polar surface area (TPSA) is 66.8 Å². The molecule has 0 spiro atoms. The van der Waals surface area contributed by atoms with Crippen LogP contribution in [0.3, 0.4) is 0 Å². The summed E-state index contributed by atoms with van der Waals surface area (Å²) in [5.74, 6) is -0.723. The molecule has 0 fully saturated rings. The summed E-state index contributed by atoms with van der Waals surface area (Å²) in [4.78, 5) is 10.4. The van der Waals surface area contributed by atoms with Gasteiger partial charge in [0.1, 0.15) is 12.2 Å². The summed E-state index contributed by atoms with van der Waals surface area (Å²) in [5, 5.41) is 16.8. The molecule has 4 nitrogen and oxygen atoms in total. The molecule has 0 radical (unpaired) electrons. The fraction of sp³-hybridized carbons (Fsp3) is 0.833. The first-order valence-electron chi connectivity index (χ1n) is 2.95. The average molecular weight is 148 g/mol. The normalized spacial score (nSPS) is 11.2. The Labute approximate surface area is 59.4 Å². The molecule has 0 bridgehead atoms. The van der Waals surface area contributed by atoms with E-state index in [0.29, 0.717) is 0 Å². The highest BCUT2D eigenvalue weighted by Crippen LogP contribution is 2.06. The summed E-state index contributed by atoms with van der Waals surface area (Å²) in [5.41, 5.74) is -0.889. The summed E-state index contributed by atoms with van der Waals surface area (Å²) in [7, 11) is 0. The first kappa shape index (κ1) is 9.39. The first-order valence-corrected chi connectivity index (χ1v) is 2.95. The van der Waals surface area contributed by atoms with E-state index in [1.54, 1.807) is 13.8 Å². The van der Waals surface area contributed by atoms with Crippen LogP contribution in [0.25, 0.3) is 0 Å². The maximum Gasteiger partial charge on any atom is 0.332 e. The molecule has 0 saturated carbocycles. The molecule has 0 aromatic carbocycles. The summed E-state index contributed by atoms with van der Waals surface area (Å²) < 4.78 is 4.60. The van der Waals surface area contributed by atoms with Crippen molar-refractivity contribution in [1.29, 1.82) is 0 Å². The molecule has 0 aromatic heterocycles. The van der Waals surface area contributed by atoms with Crippen LogP contribution in [0.4, 0.5) is 0 Å². The fourth-order valence-electron chi connectivity index (χ4n) is 0.373. The van der Waals surface area contributed by atoms with Crippen LogP contribution in [0.1, 0.15) is 13.8 Å². The number of carbonyl (C=O) groups excluding carboxylic acids is 1. The van der Waals surface area contributed by atoms with E-state index in [9.17, 15) is 4.79 Å². The maximum atomic E-state index is 10.4. The highest BCUT2D eigenvalue weighted by Gasteiger charge is 2.20. The molecule has 0 aliphatic carbocycles. The quantitative estimate of drug-likeness (QED) is 0.519. The van der Waals surface area contributed by atoms with E-state index < -0.39 is 18.2 Å². The van der Waals surface area contributed by atoms with Gasteiger partial charge >= 0.3 is 5.97 Å². The second-order valence-electron chi connectivity index (χ2n) is 2.55. The van der Waals surface area contributed by atoms with Crippen LogP contribution in [-0.4, -0.2) is 35.0 Å². The van der Waals surface area contributed by atoms with Crippen LogP contribution >= 0.6 is 0 Å². The smallest absolute Gasteiger partial charge is 0.332 e. The van der Waals surface area contributed by atoms with Gasteiger partial charge in [0.25, 0.3) is 0 Å². The number of carbonyl (C=O) groups is 1. The number of aliphatic hydroxyl groups is 2. The van der Waals surface area contributed by atoms with Gasteiger partial charge in [-0.25, -0.2) is 4.79 Å². The summed E-state index contributed by atoms with van der Waals surface area (Å²) in [6, 6.07) is 0. The van der Waals surface area contributed by atoms with Crippen molar-refractivity contribution in [3.8, 4) is 0 Å². The van der Waals surface area contributed by atoms with Gasteiger partial charge < -0.3 is 14.9 Å². The van der Waals surface area contributed by atoms with E-state index in [1.807, 2.05) is 0 Å². The third-order valence-electron chi connectivity index (χ3n) is 0.900. The van der Waals surface area contributed by atoms with E-state index in [4.69, 9.17) is 10.2 Å². The van der Waals surface area contributed by atoms with E-state index in [2.05, 4.69) is 4.74 Å². The molecule has 0 aromatic rings. The second-order valence-corrected chi connectivity index (χ2v) is 2.55. The largest absolute Gasteiger partial charge is 0.456 e. The molecule has 4 heteroatoms. The standard InChI is InChI=1S/C6H12O4/c1-6(2,4-8)10-5(9)3-7/h7-8H,3-4H2,1-2H3. The lowest BCUT2D eigenvalue weighted by Gasteiger charge is -2.21. The number of esters is 1. The van der Waals surface area contributed by atoms with Crippen LogP contribution in [0.2, 0.25) is 0 Å². The highest BCUT2D eigenvalue weighted by molar-refractivity contribution is 5.70. The molecule has 10 heavy (non-hydrogen) atoms. The van der Waals surface area contributed by atoms with Crippen molar-refractivity contribution in [3.63, 3.8) is 0 Å². The van der Waals surface area contributed by atoms with Crippen molar-refractivity contribution < 1.29 is 19.7 Å². The number of ether oxygens (including phenoxy) is 1. The molecule has 2 N–H and O–H groups in total. The first-order chi connectivity index (χ1) is 4.52. The Bertz CT molecular complexity index is 119. The zero-order valence-corrected chi connectivity index (χ0v) is 6.13. The fourth-order valence-corrected chi connectivity index (χ4v) is 0.373. The molecule has 0 aliphatic rings. The highest BCUT2D eigenvalue weighted by atomic mass is 16.6. The molecule has 0 saturated heterocycles. The number of hydrogen-bond donors (Lipinski definition) is 2. The Hall–Kier alpha value is -0.610. The van der Waals surface area contributed by atoms with Gasteiger partial charge in [-0.1, -0.05) is 0 Å². The van der Waals surface area contributed by atoms with Crippen molar-refractivity contribution in [2.45, 2.75) is 19.4 Å². The molecule has 0 rings (SSSR count). The van der Waals surface area contributed by atoms with Gasteiger partial charge in [-0.2, -0.15) is 0 Å². The molecular weight excluding hydrogens is 136 g/mol. The summed E-state index contributed by atoms with van der Waals surface area (Å²) in [6.07, 6.45) is 0. The van der Waals surface area contributed by atoms with Crippen LogP contribution in [-0.2, 0) is 9.53 Å². The molecular formula is C6H12O4. The Kier molecular flexibility index (Phi) is 3.32. The van der Waals surface area contributed by atoms with Crippen molar-refractivity contribution >= 4 is 5.97 Å². The zero-order valence-electron chi connectivity index (χ0n) is 6.13. The lowest BCUT2D eigenvalue weighted by Crippen LogP contribution is -2.33.